The Morgan fingerprint density at radius 1 is 0.957 bits per heavy atom. The van der Waals surface area contributed by atoms with Gasteiger partial charge in [-0.15, -0.1) is 0 Å². The van der Waals surface area contributed by atoms with Crippen LogP contribution in [0.25, 0.3) is 11.1 Å². The first kappa shape index (κ1) is 16.1. The van der Waals surface area contributed by atoms with Gasteiger partial charge in [0, 0.05) is 0 Å². The minimum Gasteiger partial charge on any atom is -0.376 e. The largest absolute Gasteiger partial charge is 0.534 e. The zero-order valence-corrected chi connectivity index (χ0v) is 14.1. The highest BCUT2D eigenvalue weighted by molar-refractivity contribution is 7.88. The highest BCUT2D eigenvalue weighted by Gasteiger charge is 2.48. The van der Waals surface area contributed by atoms with Gasteiger partial charge < -0.3 is 4.18 Å². The smallest absolute Gasteiger partial charge is 0.376 e. The van der Waals surface area contributed by atoms with E-state index in [9.17, 15) is 21.6 Å². The second-order valence-electron chi connectivity index (χ2n) is 5.86. The van der Waals surface area contributed by atoms with Gasteiger partial charge in [0.2, 0.25) is 0 Å². The number of hydrogen-bond donors (Lipinski definition) is 0. The summed E-state index contributed by atoms with van der Waals surface area (Å²) in [4.78, 5) is 0. The summed E-state index contributed by atoms with van der Waals surface area (Å²) in [6.07, 6.45) is 0. The van der Waals surface area contributed by atoms with E-state index >= 15 is 0 Å². The fraction of sp³-hybridized carbons (Fsp3) is 0.200. The first-order valence-electron chi connectivity index (χ1n) is 6.79. The van der Waals surface area contributed by atoms with Crippen LogP contribution in [0, 0.1) is 0 Å². The van der Waals surface area contributed by atoms with Crippen LogP contribution in [0.4, 0.5) is 13.2 Å². The van der Waals surface area contributed by atoms with E-state index in [0.29, 0.717) is 0 Å². The van der Waals surface area contributed by atoms with Crippen LogP contribution >= 0.6 is 0 Å². The van der Waals surface area contributed by atoms with E-state index in [1.54, 1.807) is 6.07 Å². The van der Waals surface area contributed by atoms with Crippen LogP contribution in [-0.2, 0) is 10.1 Å². The van der Waals surface area contributed by atoms with E-state index in [2.05, 4.69) is 17.3 Å². The number of halogens is 3. The molecule has 1 aliphatic rings. The van der Waals surface area contributed by atoms with Crippen LogP contribution in [0.15, 0.2) is 42.5 Å². The molecule has 8 heteroatoms. The molecular formula is C15H13F3O3SSi. The average Bonchev–Trinajstić information content (AvgIpc) is 2.66. The van der Waals surface area contributed by atoms with E-state index in [4.69, 9.17) is 0 Å². The minimum atomic E-state index is -5.66. The molecule has 0 amide bonds. The summed E-state index contributed by atoms with van der Waals surface area (Å²) in [6, 6.07) is 12.0. The molecule has 0 aliphatic carbocycles. The topological polar surface area (TPSA) is 43.4 Å². The average molecular weight is 358 g/mol. The SMILES string of the molecule is C[Si]1(C)c2ccccc2-c2cc(OS(=O)(=O)C(F)(F)F)ccc21. The fourth-order valence-corrected chi connectivity index (χ4v) is 6.45. The van der Waals surface area contributed by atoms with Gasteiger partial charge in [0.15, 0.2) is 0 Å². The third kappa shape index (κ3) is 2.45. The minimum absolute atomic E-state index is 0.331. The summed E-state index contributed by atoms with van der Waals surface area (Å²) in [5, 5.41) is 2.22. The van der Waals surface area contributed by atoms with Gasteiger partial charge in [-0.2, -0.15) is 21.6 Å². The summed E-state index contributed by atoms with van der Waals surface area (Å²) in [5.41, 5.74) is -3.78. The Bertz CT molecular complexity index is 889. The van der Waals surface area contributed by atoms with Gasteiger partial charge in [0.05, 0.1) is 0 Å². The predicted molar refractivity (Wildman–Crippen MR) is 84.2 cm³/mol. The van der Waals surface area contributed by atoms with E-state index < -0.39 is 23.7 Å². The van der Waals surface area contributed by atoms with Crippen molar-refractivity contribution in [2.45, 2.75) is 18.6 Å². The van der Waals surface area contributed by atoms with E-state index in [1.165, 1.54) is 17.3 Å². The Morgan fingerprint density at radius 2 is 1.57 bits per heavy atom. The third-order valence-corrected chi connectivity index (χ3v) is 8.59. The van der Waals surface area contributed by atoms with Crippen molar-refractivity contribution in [3.8, 4) is 16.9 Å². The second-order valence-corrected chi connectivity index (χ2v) is 11.7. The molecule has 0 atom stereocenters. The van der Waals surface area contributed by atoms with Gasteiger partial charge in [0.25, 0.3) is 0 Å². The Kier molecular flexibility index (Phi) is 3.38. The number of rotatable bonds is 2. The highest BCUT2D eigenvalue weighted by Crippen LogP contribution is 2.33. The maximum Gasteiger partial charge on any atom is 0.534 e. The number of benzene rings is 2. The maximum absolute atomic E-state index is 12.4. The molecule has 3 nitrogen and oxygen atoms in total. The van der Waals surface area contributed by atoms with Crippen LogP contribution in [0.1, 0.15) is 0 Å². The molecule has 122 valence electrons. The lowest BCUT2D eigenvalue weighted by molar-refractivity contribution is -0.0500. The molecule has 0 aromatic heterocycles. The van der Waals surface area contributed by atoms with Crippen LogP contribution < -0.4 is 14.6 Å². The quantitative estimate of drug-likeness (QED) is 0.471. The molecule has 2 aromatic carbocycles. The maximum atomic E-state index is 12.4. The summed E-state index contributed by atoms with van der Waals surface area (Å²) in [6.45, 7) is 4.29. The van der Waals surface area contributed by atoms with E-state index in [0.717, 1.165) is 16.3 Å². The molecule has 0 fully saturated rings. The Labute approximate surface area is 132 Å². The van der Waals surface area contributed by atoms with Crippen LogP contribution in [-0.4, -0.2) is 22.0 Å². The molecule has 0 saturated heterocycles. The molecule has 1 aliphatic heterocycles. The first-order chi connectivity index (χ1) is 10.5. The number of hydrogen-bond acceptors (Lipinski definition) is 3. The van der Waals surface area contributed by atoms with Crippen molar-refractivity contribution in [2.75, 3.05) is 0 Å². The van der Waals surface area contributed by atoms with Crippen molar-refractivity contribution in [1.29, 1.82) is 0 Å². The Morgan fingerprint density at radius 3 is 2.22 bits per heavy atom. The lowest BCUT2D eigenvalue weighted by atomic mass is 10.1. The normalized spacial score (nSPS) is 15.9. The van der Waals surface area contributed by atoms with Gasteiger partial charge in [-0.25, -0.2) is 0 Å². The highest BCUT2D eigenvalue weighted by atomic mass is 32.2. The van der Waals surface area contributed by atoms with Gasteiger partial charge in [-0.3, -0.25) is 0 Å². The lowest BCUT2D eigenvalue weighted by Gasteiger charge is -2.18. The van der Waals surface area contributed by atoms with Crippen LogP contribution in [0.3, 0.4) is 0 Å². The van der Waals surface area contributed by atoms with Crippen molar-refractivity contribution in [3.05, 3.63) is 42.5 Å². The van der Waals surface area contributed by atoms with Gasteiger partial charge in [-0.1, -0.05) is 43.4 Å². The van der Waals surface area contributed by atoms with Gasteiger partial charge in [0.1, 0.15) is 13.8 Å². The van der Waals surface area contributed by atoms with Crippen molar-refractivity contribution in [1.82, 2.24) is 0 Å². The lowest BCUT2D eigenvalue weighted by Crippen LogP contribution is -2.49. The zero-order valence-electron chi connectivity index (χ0n) is 12.3. The van der Waals surface area contributed by atoms with Crippen LogP contribution in [0.5, 0.6) is 5.75 Å². The third-order valence-electron chi connectivity index (χ3n) is 4.04. The summed E-state index contributed by atoms with van der Waals surface area (Å²) < 4.78 is 63.9. The standard InChI is InChI=1S/C15H13F3O3SSi/c1-23(2)13-6-4-3-5-11(13)12-9-10(7-8-14(12)23)21-22(19,20)15(16,17)18/h3-9H,1-2H3. The molecule has 0 radical (unpaired) electrons. The summed E-state index contributed by atoms with van der Waals surface area (Å²) in [7, 11) is -7.59. The molecule has 0 saturated carbocycles. The van der Waals surface area contributed by atoms with E-state index in [1.807, 2.05) is 24.3 Å². The molecule has 2 aromatic rings. The van der Waals surface area contributed by atoms with Crippen LogP contribution in [0.2, 0.25) is 13.1 Å². The Balaban J connectivity index is 2.10. The predicted octanol–water partition coefficient (Wildman–Crippen LogP) is 2.72. The van der Waals surface area contributed by atoms with Crippen molar-refractivity contribution in [3.63, 3.8) is 0 Å². The van der Waals surface area contributed by atoms with Crippen molar-refractivity contribution >= 4 is 28.6 Å². The van der Waals surface area contributed by atoms with E-state index in [-0.39, 0.29) is 5.75 Å². The van der Waals surface area contributed by atoms with Gasteiger partial charge in [-0.05, 0) is 33.6 Å². The van der Waals surface area contributed by atoms with Crippen molar-refractivity contribution in [2.24, 2.45) is 0 Å². The zero-order chi connectivity index (χ0) is 17.0. The summed E-state index contributed by atoms with van der Waals surface area (Å²) >= 11 is 0. The van der Waals surface area contributed by atoms with Crippen molar-refractivity contribution < 1.29 is 25.8 Å². The monoisotopic (exact) mass is 358 g/mol. The number of alkyl halides is 3. The molecule has 3 rings (SSSR count). The fourth-order valence-electron chi connectivity index (χ4n) is 2.93. The molecule has 1 heterocycles. The molecule has 0 spiro atoms. The Hall–Kier alpha value is -1.80. The number of fused-ring (bicyclic) bond motifs is 3. The molecule has 0 unspecified atom stereocenters. The molecular weight excluding hydrogens is 345 g/mol. The first-order valence-corrected chi connectivity index (χ1v) is 11.2. The molecule has 0 bridgehead atoms. The second kappa shape index (κ2) is 4.84. The van der Waals surface area contributed by atoms with Gasteiger partial charge >= 0.3 is 15.6 Å². The molecule has 0 N–H and O–H groups in total. The summed E-state index contributed by atoms with van der Waals surface area (Å²) in [5.74, 6) is -0.331. The molecule has 23 heavy (non-hydrogen) atoms.